The molecule has 5 heteroatoms. The number of rotatable bonds is 5. The van der Waals surface area contributed by atoms with Crippen molar-refractivity contribution in [1.82, 2.24) is 9.97 Å². The molecule has 0 unspecified atom stereocenters. The quantitative estimate of drug-likeness (QED) is 0.885. The molecule has 1 aromatic heterocycles. The van der Waals surface area contributed by atoms with Crippen LogP contribution < -0.4 is 10.6 Å². The maximum Gasteiger partial charge on any atom is 0.274 e. The smallest absolute Gasteiger partial charge is 0.274 e. The van der Waals surface area contributed by atoms with Gasteiger partial charge in [0.2, 0.25) is 5.95 Å². The predicted molar refractivity (Wildman–Crippen MR) is 84.7 cm³/mol. The van der Waals surface area contributed by atoms with Gasteiger partial charge in [0.25, 0.3) is 5.91 Å². The average molecular weight is 284 g/mol. The molecule has 2 N–H and O–H groups in total. The van der Waals surface area contributed by atoms with Gasteiger partial charge >= 0.3 is 0 Å². The van der Waals surface area contributed by atoms with Crippen LogP contribution in [0.4, 0.5) is 11.6 Å². The summed E-state index contributed by atoms with van der Waals surface area (Å²) in [5.74, 6) is 0.246. The third-order valence-corrected chi connectivity index (χ3v) is 3.27. The van der Waals surface area contributed by atoms with E-state index in [1.54, 1.807) is 12.3 Å². The number of amides is 1. The number of anilines is 2. The highest BCUT2D eigenvalue weighted by molar-refractivity contribution is 6.03. The highest BCUT2D eigenvalue weighted by atomic mass is 16.1. The second-order valence-corrected chi connectivity index (χ2v) is 4.89. The first-order valence-corrected chi connectivity index (χ1v) is 7.06. The van der Waals surface area contributed by atoms with E-state index in [-0.39, 0.29) is 5.91 Å². The Bertz CT molecular complexity index is 640. The second kappa shape index (κ2) is 6.83. The number of carbonyl (C=O) groups excluding carboxylic acids is 1. The van der Waals surface area contributed by atoms with Crippen molar-refractivity contribution >= 4 is 17.5 Å². The molecule has 0 fully saturated rings. The first-order valence-electron chi connectivity index (χ1n) is 7.06. The molecule has 2 aromatic rings. The second-order valence-electron chi connectivity index (χ2n) is 4.89. The summed E-state index contributed by atoms with van der Waals surface area (Å²) >= 11 is 0. The summed E-state index contributed by atoms with van der Waals surface area (Å²) in [6.07, 6.45) is 2.56. The maximum atomic E-state index is 12.3. The van der Waals surface area contributed by atoms with Gasteiger partial charge in [-0.15, -0.1) is 0 Å². The first kappa shape index (κ1) is 15.0. The lowest BCUT2D eigenvalue weighted by molar-refractivity contribution is 0.102. The largest absolute Gasteiger partial charge is 0.354 e. The molecule has 0 saturated carbocycles. The molecule has 0 aliphatic heterocycles. The topological polar surface area (TPSA) is 66.9 Å². The first-order chi connectivity index (χ1) is 10.1. The van der Waals surface area contributed by atoms with Crippen LogP contribution in [0.25, 0.3) is 0 Å². The molecule has 1 aromatic carbocycles. The standard InChI is InChI=1S/C16H20N4O/c1-4-9-17-16-18-10-8-14(20-16)15(21)19-13-7-5-6-11(2)12(13)3/h5-8,10H,4,9H2,1-3H3,(H,19,21)(H,17,18,20). The third-order valence-electron chi connectivity index (χ3n) is 3.27. The Balaban J connectivity index is 2.15. The Hall–Kier alpha value is -2.43. The highest BCUT2D eigenvalue weighted by Crippen LogP contribution is 2.18. The van der Waals surface area contributed by atoms with Crippen molar-refractivity contribution in [3.05, 3.63) is 47.3 Å². The molecule has 0 saturated heterocycles. The monoisotopic (exact) mass is 284 g/mol. The van der Waals surface area contributed by atoms with Gasteiger partial charge in [0.05, 0.1) is 0 Å². The van der Waals surface area contributed by atoms with E-state index in [0.717, 1.165) is 29.8 Å². The zero-order valence-corrected chi connectivity index (χ0v) is 12.6. The van der Waals surface area contributed by atoms with Gasteiger partial charge in [-0.3, -0.25) is 4.79 Å². The van der Waals surface area contributed by atoms with E-state index in [1.165, 1.54) is 0 Å². The van der Waals surface area contributed by atoms with Crippen LogP contribution in [0.1, 0.15) is 35.0 Å². The number of nitrogens with zero attached hydrogens (tertiary/aromatic N) is 2. The fourth-order valence-corrected chi connectivity index (χ4v) is 1.88. The number of benzene rings is 1. The van der Waals surface area contributed by atoms with Gasteiger partial charge in [-0.1, -0.05) is 19.1 Å². The molecule has 1 heterocycles. The fourth-order valence-electron chi connectivity index (χ4n) is 1.88. The number of hydrogen-bond donors (Lipinski definition) is 2. The molecule has 0 aliphatic rings. The maximum absolute atomic E-state index is 12.3. The molecular weight excluding hydrogens is 264 g/mol. The van der Waals surface area contributed by atoms with Crippen LogP contribution in [0.2, 0.25) is 0 Å². The summed E-state index contributed by atoms with van der Waals surface area (Å²) < 4.78 is 0. The summed E-state index contributed by atoms with van der Waals surface area (Å²) in [6, 6.07) is 7.43. The summed E-state index contributed by atoms with van der Waals surface area (Å²) in [5.41, 5.74) is 3.36. The van der Waals surface area contributed by atoms with Crippen molar-refractivity contribution < 1.29 is 4.79 Å². The van der Waals surface area contributed by atoms with Crippen LogP contribution in [-0.2, 0) is 0 Å². The van der Waals surface area contributed by atoms with Gasteiger partial charge < -0.3 is 10.6 Å². The van der Waals surface area contributed by atoms with E-state index < -0.39 is 0 Å². The third kappa shape index (κ3) is 3.78. The van der Waals surface area contributed by atoms with Gasteiger partial charge in [0, 0.05) is 18.4 Å². The van der Waals surface area contributed by atoms with E-state index in [1.807, 2.05) is 32.0 Å². The molecule has 110 valence electrons. The Morgan fingerprint density at radius 1 is 1.24 bits per heavy atom. The van der Waals surface area contributed by atoms with Gasteiger partial charge in [-0.25, -0.2) is 9.97 Å². The van der Waals surface area contributed by atoms with Gasteiger partial charge in [-0.2, -0.15) is 0 Å². The van der Waals surface area contributed by atoms with Crippen molar-refractivity contribution in [1.29, 1.82) is 0 Å². The molecule has 5 nitrogen and oxygen atoms in total. The van der Waals surface area contributed by atoms with Crippen molar-refractivity contribution in [2.75, 3.05) is 17.2 Å². The van der Waals surface area contributed by atoms with Crippen molar-refractivity contribution in [3.63, 3.8) is 0 Å². The molecule has 0 spiro atoms. The molecule has 0 radical (unpaired) electrons. The average Bonchev–Trinajstić information content (AvgIpc) is 2.50. The number of hydrogen-bond acceptors (Lipinski definition) is 4. The van der Waals surface area contributed by atoms with Crippen molar-refractivity contribution in [2.45, 2.75) is 27.2 Å². The summed E-state index contributed by atoms with van der Waals surface area (Å²) in [4.78, 5) is 20.6. The molecule has 0 atom stereocenters. The zero-order valence-electron chi connectivity index (χ0n) is 12.6. The molecule has 21 heavy (non-hydrogen) atoms. The summed E-state index contributed by atoms with van der Waals surface area (Å²) in [7, 11) is 0. The van der Waals surface area contributed by atoms with Crippen LogP contribution >= 0.6 is 0 Å². The van der Waals surface area contributed by atoms with E-state index in [4.69, 9.17) is 0 Å². The number of nitrogens with one attached hydrogen (secondary N) is 2. The van der Waals surface area contributed by atoms with Crippen molar-refractivity contribution in [3.8, 4) is 0 Å². The Labute approximate surface area is 124 Å². The Morgan fingerprint density at radius 3 is 2.81 bits per heavy atom. The van der Waals surface area contributed by atoms with E-state index in [2.05, 4.69) is 27.5 Å². The van der Waals surface area contributed by atoms with E-state index in [9.17, 15) is 4.79 Å². The molecule has 0 aliphatic carbocycles. The summed E-state index contributed by atoms with van der Waals surface area (Å²) in [6.45, 7) is 6.84. The van der Waals surface area contributed by atoms with Crippen LogP contribution in [-0.4, -0.2) is 22.4 Å². The van der Waals surface area contributed by atoms with E-state index in [0.29, 0.717) is 11.6 Å². The summed E-state index contributed by atoms with van der Waals surface area (Å²) in [5, 5.41) is 5.97. The molecule has 0 bridgehead atoms. The molecule has 1 amide bonds. The van der Waals surface area contributed by atoms with Crippen LogP contribution in [0.15, 0.2) is 30.5 Å². The number of aromatic nitrogens is 2. The lowest BCUT2D eigenvalue weighted by Crippen LogP contribution is -2.16. The fraction of sp³-hybridized carbons (Fsp3) is 0.312. The minimum Gasteiger partial charge on any atom is -0.354 e. The zero-order chi connectivity index (χ0) is 15.2. The number of aryl methyl sites for hydroxylation is 1. The van der Waals surface area contributed by atoms with Gasteiger partial charge in [-0.05, 0) is 43.5 Å². The van der Waals surface area contributed by atoms with Gasteiger partial charge in [0.1, 0.15) is 5.69 Å². The number of carbonyl (C=O) groups is 1. The lowest BCUT2D eigenvalue weighted by Gasteiger charge is -2.10. The van der Waals surface area contributed by atoms with Crippen LogP contribution in [0.5, 0.6) is 0 Å². The normalized spacial score (nSPS) is 10.2. The van der Waals surface area contributed by atoms with Crippen LogP contribution in [0.3, 0.4) is 0 Å². The minimum absolute atomic E-state index is 0.231. The molecule has 2 rings (SSSR count). The Kier molecular flexibility index (Phi) is 4.87. The lowest BCUT2D eigenvalue weighted by atomic mass is 10.1. The SMILES string of the molecule is CCCNc1nccc(C(=O)Nc2cccc(C)c2C)n1. The molecular formula is C16H20N4O. The van der Waals surface area contributed by atoms with E-state index >= 15 is 0 Å². The minimum atomic E-state index is -0.231. The van der Waals surface area contributed by atoms with Crippen molar-refractivity contribution in [2.24, 2.45) is 0 Å². The predicted octanol–water partition coefficient (Wildman–Crippen LogP) is 3.17. The van der Waals surface area contributed by atoms with Gasteiger partial charge in [0.15, 0.2) is 0 Å². The Morgan fingerprint density at radius 2 is 2.05 bits per heavy atom. The highest BCUT2D eigenvalue weighted by Gasteiger charge is 2.10. The van der Waals surface area contributed by atoms with Crippen LogP contribution in [0, 0.1) is 13.8 Å².